The monoisotopic (exact) mass is 447 g/mol. The average molecular weight is 448 g/mol. The molecule has 0 radical (unpaired) electrons. The third-order valence-electron chi connectivity index (χ3n) is 2.86. The van der Waals surface area contributed by atoms with Crippen LogP contribution in [0.25, 0.3) is 0 Å². The highest BCUT2D eigenvalue weighted by atomic mass is 127. The van der Waals surface area contributed by atoms with Crippen molar-refractivity contribution in [3.63, 3.8) is 0 Å². The minimum atomic E-state index is -0.00773. The second-order valence-corrected chi connectivity index (χ2v) is 6.81. The third-order valence-corrected chi connectivity index (χ3v) is 4.11. The second-order valence-electron chi connectivity index (χ2n) is 4.71. The first-order valence-electron chi connectivity index (χ1n) is 6.15. The Labute approximate surface area is 140 Å². The van der Waals surface area contributed by atoms with Crippen molar-refractivity contribution in [3.8, 4) is 0 Å². The minimum Gasteiger partial charge on any atom is -0.308 e. The van der Waals surface area contributed by atoms with E-state index in [1.165, 1.54) is 0 Å². The highest BCUT2D eigenvalue weighted by Gasteiger charge is 2.19. The fraction of sp³-hybridized carbons (Fsp3) is 0.286. The molecule has 0 aliphatic heterocycles. The van der Waals surface area contributed by atoms with Gasteiger partial charge < -0.3 is 4.90 Å². The highest BCUT2D eigenvalue weighted by molar-refractivity contribution is 14.1. The maximum Gasteiger partial charge on any atom is 0.212 e. The second kappa shape index (κ2) is 6.82. The summed E-state index contributed by atoms with van der Waals surface area (Å²) in [6.45, 7) is 1.52. The smallest absolute Gasteiger partial charge is 0.212 e. The number of ketones is 1. The Morgan fingerprint density at radius 3 is 2.85 bits per heavy atom. The molecule has 0 bridgehead atoms. The Balaban J connectivity index is 2.32. The molecule has 2 rings (SSSR count). The number of hydrogen-bond acceptors (Lipinski definition) is 3. The van der Waals surface area contributed by atoms with Gasteiger partial charge in [0.15, 0.2) is 0 Å². The molecule has 6 heteroatoms. The van der Waals surface area contributed by atoms with Crippen molar-refractivity contribution in [1.82, 2.24) is 14.7 Å². The van der Waals surface area contributed by atoms with Crippen LogP contribution >= 0.6 is 38.5 Å². The summed E-state index contributed by atoms with van der Waals surface area (Å²) < 4.78 is 3.54. The predicted octanol–water partition coefficient (Wildman–Crippen LogP) is 3.04. The zero-order chi connectivity index (χ0) is 14.7. The van der Waals surface area contributed by atoms with Gasteiger partial charge in [-0.2, -0.15) is 5.10 Å². The van der Waals surface area contributed by atoms with Crippen LogP contribution < -0.4 is 0 Å². The van der Waals surface area contributed by atoms with Crippen molar-refractivity contribution >= 4 is 44.3 Å². The summed E-state index contributed by atoms with van der Waals surface area (Å²) in [5, 5.41) is 4.28. The van der Waals surface area contributed by atoms with Gasteiger partial charge in [-0.3, -0.25) is 9.48 Å². The van der Waals surface area contributed by atoms with E-state index in [4.69, 9.17) is 0 Å². The molecule has 0 atom stereocenters. The molecule has 4 nitrogen and oxygen atoms in total. The average Bonchev–Trinajstić information content (AvgIpc) is 2.76. The van der Waals surface area contributed by atoms with Crippen molar-refractivity contribution in [2.75, 3.05) is 20.6 Å². The lowest BCUT2D eigenvalue weighted by molar-refractivity contribution is 0.102. The molecule has 0 saturated heterocycles. The largest absolute Gasteiger partial charge is 0.308 e. The lowest BCUT2D eigenvalue weighted by atomic mass is 10.1. The summed E-state index contributed by atoms with van der Waals surface area (Å²) >= 11 is 5.63. The van der Waals surface area contributed by atoms with E-state index in [2.05, 4.69) is 48.5 Å². The molecule has 0 spiro atoms. The van der Waals surface area contributed by atoms with Crippen LogP contribution in [0.4, 0.5) is 0 Å². The normalized spacial score (nSPS) is 11.1. The minimum absolute atomic E-state index is 0.00773. The lowest BCUT2D eigenvalue weighted by Crippen LogP contribution is -2.21. The Morgan fingerprint density at radius 1 is 1.45 bits per heavy atom. The van der Waals surface area contributed by atoms with Gasteiger partial charge in [-0.05, 0) is 64.7 Å². The molecule has 1 aromatic carbocycles. The van der Waals surface area contributed by atoms with Gasteiger partial charge in [-0.1, -0.05) is 12.1 Å². The van der Waals surface area contributed by atoms with Gasteiger partial charge in [0.05, 0.1) is 17.2 Å². The first kappa shape index (κ1) is 15.7. The van der Waals surface area contributed by atoms with Gasteiger partial charge in [0, 0.05) is 15.7 Å². The number of aromatic nitrogens is 2. The Kier molecular flexibility index (Phi) is 5.34. The number of carbonyl (C=O) groups excluding carboxylic acids is 1. The maximum absolute atomic E-state index is 12.6. The van der Waals surface area contributed by atoms with Crippen molar-refractivity contribution < 1.29 is 4.79 Å². The van der Waals surface area contributed by atoms with Gasteiger partial charge in [0.25, 0.3) is 0 Å². The van der Waals surface area contributed by atoms with Gasteiger partial charge in [-0.25, -0.2) is 0 Å². The van der Waals surface area contributed by atoms with E-state index in [0.29, 0.717) is 17.8 Å². The van der Waals surface area contributed by atoms with E-state index in [-0.39, 0.29) is 5.78 Å². The van der Waals surface area contributed by atoms with E-state index in [1.54, 1.807) is 10.9 Å². The first-order valence-corrected chi connectivity index (χ1v) is 8.02. The van der Waals surface area contributed by atoms with E-state index in [9.17, 15) is 4.79 Å². The third kappa shape index (κ3) is 3.67. The molecule has 1 heterocycles. The standard InChI is InChI=1S/C14H15BrIN3O/c1-18(2)6-7-19-13(12(15)9-17-19)14(20)10-4-3-5-11(16)8-10/h3-5,8-9H,6-7H2,1-2H3. The lowest BCUT2D eigenvalue weighted by Gasteiger charge is -2.12. The van der Waals surface area contributed by atoms with Crippen LogP contribution in [0.5, 0.6) is 0 Å². The number of carbonyl (C=O) groups is 1. The molecule has 20 heavy (non-hydrogen) atoms. The fourth-order valence-electron chi connectivity index (χ4n) is 1.82. The van der Waals surface area contributed by atoms with Crippen LogP contribution in [-0.2, 0) is 6.54 Å². The Hall–Kier alpha value is -0.730. The number of halogens is 2. The molecular formula is C14H15BrIN3O. The van der Waals surface area contributed by atoms with Crippen LogP contribution in [-0.4, -0.2) is 41.1 Å². The molecule has 0 aliphatic rings. The number of nitrogens with zero attached hydrogens (tertiary/aromatic N) is 3. The van der Waals surface area contributed by atoms with Gasteiger partial charge in [0.1, 0.15) is 5.69 Å². The summed E-state index contributed by atoms with van der Waals surface area (Å²) in [5.74, 6) is -0.00773. The van der Waals surface area contributed by atoms with E-state index < -0.39 is 0 Å². The van der Waals surface area contributed by atoms with Crippen LogP contribution in [0, 0.1) is 3.57 Å². The quantitative estimate of drug-likeness (QED) is 0.522. The molecule has 2 aromatic rings. The van der Waals surface area contributed by atoms with Crippen molar-refractivity contribution in [2.24, 2.45) is 0 Å². The van der Waals surface area contributed by atoms with Crippen LogP contribution in [0.3, 0.4) is 0 Å². The van der Waals surface area contributed by atoms with E-state index in [1.807, 2.05) is 38.4 Å². The summed E-state index contributed by atoms with van der Waals surface area (Å²) in [7, 11) is 4.00. The van der Waals surface area contributed by atoms with Crippen LogP contribution in [0.2, 0.25) is 0 Å². The van der Waals surface area contributed by atoms with Gasteiger partial charge >= 0.3 is 0 Å². The highest BCUT2D eigenvalue weighted by Crippen LogP contribution is 2.21. The Morgan fingerprint density at radius 2 is 2.20 bits per heavy atom. The molecule has 0 saturated carbocycles. The SMILES string of the molecule is CN(C)CCn1ncc(Br)c1C(=O)c1cccc(I)c1. The van der Waals surface area contributed by atoms with E-state index in [0.717, 1.165) is 14.6 Å². The summed E-state index contributed by atoms with van der Waals surface area (Å²) in [6.07, 6.45) is 1.68. The molecule has 106 valence electrons. The summed E-state index contributed by atoms with van der Waals surface area (Å²) in [5.41, 5.74) is 1.29. The zero-order valence-electron chi connectivity index (χ0n) is 11.3. The number of rotatable bonds is 5. The van der Waals surface area contributed by atoms with Crippen LogP contribution in [0.1, 0.15) is 16.1 Å². The molecular weight excluding hydrogens is 433 g/mol. The number of benzene rings is 1. The van der Waals surface area contributed by atoms with Crippen molar-refractivity contribution in [1.29, 1.82) is 0 Å². The van der Waals surface area contributed by atoms with Crippen molar-refractivity contribution in [2.45, 2.75) is 6.54 Å². The predicted molar refractivity (Wildman–Crippen MR) is 91.1 cm³/mol. The molecule has 1 aromatic heterocycles. The molecule has 0 amide bonds. The van der Waals surface area contributed by atoms with Crippen molar-refractivity contribution in [3.05, 3.63) is 49.8 Å². The number of hydrogen-bond donors (Lipinski definition) is 0. The van der Waals surface area contributed by atoms with Gasteiger partial charge in [-0.15, -0.1) is 0 Å². The maximum atomic E-state index is 12.6. The first-order chi connectivity index (χ1) is 9.49. The van der Waals surface area contributed by atoms with Gasteiger partial charge in [0.2, 0.25) is 5.78 Å². The topological polar surface area (TPSA) is 38.1 Å². The van der Waals surface area contributed by atoms with Crippen LogP contribution in [0.15, 0.2) is 34.9 Å². The number of likely N-dealkylation sites (N-methyl/N-ethyl adjacent to an activating group) is 1. The summed E-state index contributed by atoms with van der Waals surface area (Å²) in [4.78, 5) is 14.7. The molecule has 0 N–H and O–H groups in total. The summed E-state index contributed by atoms with van der Waals surface area (Å²) in [6, 6.07) is 7.58. The molecule has 0 unspecified atom stereocenters. The molecule has 0 aliphatic carbocycles. The zero-order valence-corrected chi connectivity index (χ0v) is 15.1. The van der Waals surface area contributed by atoms with E-state index >= 15 is 0 Å². The fourth-order valence-corrected chi connectivity index (χ4v) is 2.84. The molecule has 0 fully saturated rings. The Bertz CT molecular complexity index is 625.